The molecular formula is C20H16F3N5OS. The maximum absolute atomic E-state index is 12.7. The van der Waals surface area contributed by atoms with Gasteiger partial charge in [-0.1, -0.05) is 12.1 Å². The van der Waals surface area contributed by atoms with Crippen molar-refractivity contribution in [3.8, 4) is 0 Å². The highest BCUT2D eigenvalue weighted by Crippen LogP contribution is 2.30. The van der Waals surface area contributed by atoms with Gasteiger partial charge in [-0.25, -0.2) is 9.97 Å². The summed E-state index contributed by atoms with van der Waals surface area (Å²) in [4.78, 5) is 21.9. The van der Waals surface area contributed by atoms with E-state index in [2.05, 4.69) is 20.4 Å². The topological polar surface area (TPSA) is 72.7 Å². The highest BCUT2D eigenvalue weighted by molar-refractivity contribution is 7.15. The number of hydrogen-bond donors (Lipinski definition) is 1. The lowest BCUT2D eigenvalue weighted by molar-refractivity contribution is -0.137. The third-order valence-electron chi connectivity index (χ3n) is 4.56. The Morgan fingerprint density at radius 2 is 1.90 bits per heavy atom. The number of aryl methyl sites for hydroxylation is 2. The molecule has 0 aliphatic rings. The van der Waals surface area contributed by atoms with Gasteiger partial charge in [0.05, 0.1) is 16.8 Å². The van der Waals surface area contributed by atoms with Gasteiger partial charge in [-0.15, -0.1) is 11.3 Å². The molecule has 0 fully saturated rings. The molecule has 1 amide bonds. The lowest BCUT2D eigenvalue weighted by Crippen LogP contribution is -2.12. The molecule has 0 bridgehead atoms. The van der Waals surface area contributed by atoms with Crippen LogP contribution in [0, 0.1) is 6.92 Å². The second kappa shape index (κ2) is 7.52. The predicted molar refractivity (Wildman–Crippen MR) is 108 cm³/mol. The molecule has 3 aromatic heterocycles. The van der Waals surface area contributed by atoms with E-state index < -0.39 is 11.7 Å². The molecule has 0 aliphatic carbocycles. The van der Waals surface area contributed by atoms with Gasteiger partial charge in [0.2, 0.25) is 0 Å². The van der Waals surface area contributed by atoms with Crippen LogP contribution in [0.4, 0.5) is 18.3 Å². The van der Waals surface area contributed by atoms with Crippen molar-refractivity contribution in [2.45, 2.75) is 19.5 Å². The minimum atomic E-state index is -4.35. The standard InChI is InChI=1S/C20H16F3N5OS/c1-11-16-8-13(9-24-17(16)28(2)27-11)18(29)26-19-25-10-15(30-19)7-12-3-5-14(6-4-12)20(21,22)23/h3-6,8-10H,7H2,1-2H3,(H,25,26,29). The van der Waals surface area contributed by atoms with Crippen LogP contribution in [-0.4, -0.2) is 25.7 Å². The average molecular weight is 431 g/mol. The van der Waals surface area contributed by atoms with Crippen molar-refractivity contribution in [2.24, 2.45) is 7.05 Å². The fraction of sp³-hybridized carbons (Fsp3) is 0.200. The summed E-state index contributed by atoms with van der Waals surface area (Å²) in [5, 5.41) is 8.23. The molecule has 0 saturated heterocycles. The number of thiazole rings is 1. The van der Waals surface area contributed by atoms with E-state index >= 15 is 0 Å². The van der Waals surface area contributed by atoms with E-state index in [1.54, 1.807) is 24.0 Å². The Morgan fingerprint density at radius 1 is 1.17 bits per heavy atom. The largest absolute Gasteiger partial charge is 0.416 e. The second-order valence-electron chi connectivity index (χ2n) is 6.76. The summed E-state index contributed by atoms with van der Waals surface area (Å²) in [7, 11) is 1.79. The first-order valence-corrected chi connectivity index (χ1v) is 9.74. The molecule has 0 spiro atoms. The Kier molecular flexibility index (Phi) is 5.02. The minimum Gasteiger partial charge on any atom is -0.298 e. The number of pyridine rings is 1. The number of hydrogen-bond acceptors (Lipinski definition) is 5. The summed E-state index contributed by atoms with van der Waals surface area (Å²) in [5.74, 6) is -0.344. The van der Waals surface area contributed by atoms with Crippen LogP contribution in [0.1, 0.15) is 32.1 Å². The average Bonchev–Trinajstić information content (AvgIpc) is 3.25. The molecule has 3 heterocycles. The number of anilines is 1. The molecule has 6 nitrogen and oxygen atoms in total. The van der Waals surface area contributed by atoms with Crippen molar-refractivity contribution in [3.63, 3.8) is 0 Å². The molecule has 0 radical (unpaired) electrons. The first kappa shape index (κ1) is 20.0. The number of amides is 1. The Balaban J connectivity index is 1.45. The predicted octanol–water partition coefficient (Wildman–Crippen LogP) is 4.60. The molecule has 0 aliphatic heterocycles. The molecule has 154 valence electrons. The van der Waals surface area contributed by atoms with Gasteiger partial charge >= 0.3 is 6.18 Å². The van der Waals surface area contributed by atoms with E-state index in [9.17, 15) is 18.0 Å². The Bertz CT molecular complexity index is 1230. The summed E-state index contributed by atoms with van der Waals surface area (Å²) >= 11 is 1.27. The summed E-state index contributed by atoms with van der Waals surface area (Å²) < 4.78 is 39.6. The normalized spacial score (nSPS) is 11.8. The van der Waals surface area contributed by atoms with Crippen molar-refractivity contribution in [2.75, 3.05) is 5.32 Å². The number of alkyl halides is 3. The van der Waals surface area contributed by atoms with Crippen molar-refractivity contribution in [3.05, 3.63) is 70.0 Å². The fourth-order valence-electron chi connectivity index (χ4n) is 3.06. The Hall–Kier alpha value is -3.27. The van der Waals surface area contributed by atoms with Crippen LogP contribution in [-0.2, 0) is 19.6 Å². The molecule has 0 atom stereocenters. The van der Waals surface area contributed by atoms with E-state index in [1.165, 1.54) is 29.7 Å². The maximum atomic E-state index is 12.7. The number of halogens is 3. The van der Waals surface area contributed by atoms with Gasteiger partial charge in [0.25, 0.3) is 5.91 Å². The third kappa shape index (κ3) is 4.04. The quantitative estimate of drug-likeness (QED) is 0.513. The first-order valence-electron chi connectivity index (χ1n) is 8.92. The molecular weight excluding hydrogens is 415 g/mol. The van der Waals surface area contributed by atoms with Gasteiger partial charge in [0.1, 0.15) is 0 Å². The SMILES string of the molecule is Cc1nn(C)c2ncc(C(=O)Nc3ncc(Cc4ccc(C(F)(F)F)cc4)s3)cc12. The van der Waals surface area contributed by atoms with Gasteiger partial charge in [0, 0.05) is 36.1 Å². The van der Waals surface area contributed by atoms with Crippen LogP contribution in [0.15, 0.2) is 42.7 Å². The van der Waals surface area contributed by atoms with Crippen LogP contribution in [0.2, 0.25) is 0 Å². The molecule has 4 rings (SSSR count). The molecule has 1 N–H and O–H groups in total. The van der Waals surface area contributed by atoms with Crippen molar-refractivity contribution < 1.29 is 18.0 Å². The molecule has 10 heteroatoms. The number of carbonyl (C=O) groups excluding carboxylic acids is 1. The summed E-state index contributed by atoms with van der Waals surface area (Å²) in [5.41, 5.74) is 1.90. The highest BCUT2D eigenvalue weighted by Gasteiger charge is 2.29. The second-order valence-corrected chi connectivity index (χ2v) is 7.88. The van der Waals surface area contributed by atoms with E-state index in [0.29, 0.717) is 22.8 Å². The molecule has 30 heavy (non-hydrogen) atoms. The van der Waals surface area contributed by atoms with Gasteiger partial charge in [-0.3, -0.25) is 14.8 Å². The van der Waals surface area contributed by atoms with Crippen molar-refractivity contribution in [1.82, 2.24) is 19.7 Å². The van der Waals surface area contributed by atoms with Crippen molar-refractivity contribution in [1.29, 1.82) is 0 Å². The van der Waals surface area contributed by atoms with Gasteiger partial charge < -0.3 is 0 Å². The number of carbonyl (C=O) groups is 1. The van der Waals surface area contributed by atoms with E-state index in [0.717, 1.165) is 33.7 Å². The third-order valence-corrected chi connectivity index (χ3v) is 5.47. The zero-order chi connectivity index (χ0) is 21.5. The zero-order valence-corrected chi connectivity index (χ0v) is 16.8. The molecule has 0 saturated carbocycles. The van der Waals surface area contributed by atoms with Gasteiger partial charge in [0.15, 0.2) is 10.8 Å². The van der Waals surface area contributed by atoms with E-state index in [-0.39, 0.29) is 5.91 Å². The number of rotatable bonds is 4. The smallest absolute Gasteiger partial charge is 0.298 e. The van der Waals surface area contributed by atoms with E-state index in [1.807, 2.05) is 6.92 Å². The number of benzene rings is 1. The zero-order valence-electron chi connectivity index (χ0n) is 16.0. The molecule has 0 unspecified atom stereocenters. The maximum Gasteiger partial charge on any atom is 0.416 e. The fourth-order valence-corrected chi connectivity index (χ4v) is 3.90. The highest BCUT2D eigenvalue weighted by atomic mass is 32.1. The summed E-state index contributed by atoms with van der Waals surface area (Å²) in [6.07, 6.45) is -0.846. The number of nitrogens with zero attached hydrogens (tertiary/aromatic N) is 4. The van der Waals surface area contributed by atoms with Crippen LogP contribution in [0.5, 0.6) is 0 Å². The van der Waals surface area contributed by atoms with Crippen LogP contribution < -0.4 is 5.32 Å². The van der Waals surface area contributed by atoms with Gasteiger partial charge in [-0.05, 0) is 30.7 Å². The van der Waals surface area contributed by atoms with Gasteiger partial charge in [-0.2, -0.15) is 18.3 Å². The first-order chi connectivity index (χ1) is 14.2. The Labute approximate surface area is 173 Å². The number of aromatic nitrogens is 4. The molecule has 4 aromatic rings. The Morgan fingerprint density at radius 3 is 2.60 bits per heavy atom. The minimum absolute atomic E-state index is 0.344. The van der Waals surface area contributed by atoms with Crippen LogP contribution in [0.25, 0.3) is 11.0 Å². The lowest BCUT2D eigenvalue weighted by atomic mass is 10.1. The monoisotopic (exact) mass is 431 g/mol. The van der Waals surface area contributed by atoms with Crippen molar-refractivity contribution >= 4 is 33.4 Å². The summed E-state index contributed by atoms with van der Waals surface area (Å²) in [6.45, 7) is 1.85. The summed E-state index contributed by atoms with van der Waals surface area (Å²) in [6, 6.07) is 6.73. The number of fused-ring (bicyclic) bond motifs is 1. The lowest BCUT2D eigenvalue weighted by Gasteiger charge is -2.06. The van der Waals surface area contributed by atoms with Crippen LogP contribution >= 0.6 is 11.3 Å². The van der Waals surface area contributed by atoms with E-state index in [4.69, 9.17) is 0 Å². The van der Waals surface area contributed by atoms with Crippen LogP contribution in [0.3, 0.4) is 0 Å². The number of nitrogens with one attached hydrogen (secondary N) is 1. The molecule has 1 aromatic carbocycles.